The molecule has 1 heterocycles. The number of aliphatic hydroxyl groups is 2. The van der Waals surface area contributed by atoms with Crippen LogP contribution in [0.3, 0.4) is 0 Å². The van der Waals surface area contributed by atoms with Gasteiger partial charge in [-0.3, -0.25) is 9.59 Å². The van der Waals surface area contributed by atoms with Crippen molar-refractivity contribution in [2.45, 2.75) is 139 Å². The summed E-state index contributed by atoms with van der Waals surface area (Å²) in [4.78, 5) is 27.8. The fraction of sp³-hybridized carbons (Fsp3) is 0.944. The molecule has 12 bridgehead atoms. The largest absolute Gasteiger partial charge is 0.390 e. The van der Waals surface area contributed by atoms with Crippen molar-refractivity contribution in [2.24, 2.45) is 58.2 Å². The highest BCUT2D eigenvalue weighted by atomic mass is 16.9. The molecule has 1 spiro atoms. The van der Waals surface area contributed by atoms with Crippen LogP contribution < -0.4 is 0 Å². The van der Waals surface area contributed by atoms with Gasteiger partial charge in [0.1, 0.15) is 13.2 Å². The Morgan fingerprint density at radius 1 is 0.545 bits per heavy atom. The predicted molar refractivity (Wildman–Crippen MR) is 156 cm³/mol. The Bertz CT molecular complexity index is 1130. The minimum absolute atomic E-state index is 0.0751. The maximum absolute atomic E-state index is 13.9. The van der Waals surface area contributed by atoms with Gasteiger partial charge in [0.15, 0.2) is 17.4 Å². The Labute approximate surface area is 260 Å². The smallest absolute Gasteiger partial charge is 0.212 e. The Kier molecular flexibility index (Phi) is 5.86. The Morgan fingerprint density at radius 2 is 0.909 bits per heavy atom. The van der Waals surface area contributed by atoms with Gasteiger partial charge < -0.3 is 29.2 Å². The van der Waals surface area contributed by atoms with Crippen molar-refractivity contribution in [2.75, 3.05) is 13.2 Å². The summed E-state index contributed by atoms with van der Waals surface area (Å²) in [6, 6.07) is 0. The van der Waals surface area contributed by atoms with Gasteiger partial charge in [0.2, 0.25) is 12.6 Å². The lowest BCUT2D eigenvalue weighted by Gasteiger charge is -2.59. The highest BCUT2D eigenvalue weighted by molar-refractivity contribution is 5.87. The van der Waals surface area contributed by atoms with Crippen LogP contribution in [0.25, 0.3) is 0 Å². The molecule has 6 unspecified atom stereocenters. The van der Waals surface area contributed by atoms with Crippen LogP contribution in [0, 0.1) is 58.2 Å². The molecule has 13 fully saturated rings. The molecule has 0 amide bonds. The molecule has 2 N–H and O–H groups in total. The molecule has 0 aromatic rings. The van der Waals surface area contributed by atoms with Gasteiger partial charge in [-0.05, 0) is 145 Å². The van der Waals surface area contributed by atoms with Crippen LogP contribution in [-0.2, 0) is 28.5 Å². The van der Waals surface area contributed by atoms with Gasteiger partial charge in [-0.15, -0.1) is 0 Å². The van der Waals surface area contributed by atoms with Crippen LogP contribution in [0.5, 0.6) is 0 Å². The second kappa shape index (κ2) is 9.16. The van der Waals surface area contributed by atoms with E-state index in [1.54, 1.807) is 0 Å². The molecule has 13 aliphatic rings. The van der Waals surface area contributed by atoms with Crippen LogP contribution >= 0.6 is 0 Å². The van der Waals surface area contributed by atoms with E-state index in [1.807, 2.05) is 0 Å². The molecule has 0 aromatic carbocycles. The van der Waals surface area contributed by atoms with Crippen LogP contribution in [0.4, 0.5) is 0 Å². The summed E-state index contributed by atoms with van der Waals surface area (Å²) in [5, 5.41) is 22.5. The summed E-state index contributed by atoms with van der Waals surface area (Å²) in [7, 11) is 0. The average molecular weight is 611 g/mol. The second-order valence-electron chi connectivity index (χ2n) is 18.4. The predicted octanol–water partition coefficient (Wildman–Crippen LogP) is 4.67. The molecule has 1 saturated heterocycles. The number of ether oxygens (including phenoxy) is 4. The summed E-state index contributed by atoms with van der Waals surface area (Å²) in [5.41, 5.74) is -2.39. The van der Waals surface area contributed by atoms with Gasteiger partial charge in [-0.1, -0.05) is 0 Å². The van der Waals surface area contributed by atoms with E-state index >= 15 is 0 Å². The molecule has 44 heavy (non-hydrogen) atoms. The fourth-order valence-electron chi connectivity index (χ4n) is 14.7. The molecular weight excluding hydrogens is 560 g/mol. The lowest BCUT2D eigenvalue weighted by Crippen LogP contribution is -2.59. The molecular formula is C36H50O8. The maximum Gasteiger partial charge on any atom is 0.212 e. The van der Waals surface area contributed by atoms with Crippen LogP contribution in [0.1, 0.15) is 109 Å². The van der Waals surface area contributed by atoms with Crippen LogP contribution in [0.2, 0.25) is 0 Å². The Morgan fingerprint density at radius 3 is 1.27 bits per heavy atom. The maximum atomic E-state index is 13.9. The van der Waals surface area contributed by atoms with Crippen molar-refractivity contribution in [3.63, 3.8) is 0 Å². The van der Waals surface area contributed by atoms with Crippen LogP contribution in [0.15, 0.2) is 0 Å². The van der Waals surface area contributed by atoms with Gasteiger partial charge in [0.05, 0.1) is 11.2 Å². The van der Waals surface area contributed by atoms with E-state index in [0.29, 0.717) is 48.3 Å². The molecule has 12 aliphatic carbocycles. The molecule has 1 aliphatic heterocycles. The molecule has 8 heteroatoms. The normalized spacial score (nSPS) is 58.9. The van der Waals surface area contributed by atoms with Crippen molar-refractivity contribution in [3.05, 3.63) is 0 Å². The van der Waals surface area contributed by atoms with Gasteiger partial charge in [-0.2, -0.15) is 0 Å². The van der Waals surface area contributed by atoms with Gasteiger partial charge in [0.25, 0.3) is 0 Å². The highest BCUT2D eigenvalue weighted by Crippen LogP contribution is 2.65. The first-order valence-electron chi connectivity index (χ1n) is 18.1. The van der Waals surface area contributed by atoms with Crippen molar-refractivity contribution in [3.8, 4) is 0 Å². The van der Waals surface area contributed by atoms with Gasteiger partial charge in [-0.25, -0.2) is 0 Å². The number of carbonyl (C=O) groups is 2. The van der Waals surface area contributed by atoms with E-state index in [2.05, 4.69) is 0 Å². The topological polar surface area (TPSA) is 112 Å². The molecule has 0 aromatic heterocycles. The fourth-order valence-corrected chi connectivity index (χ4v) is 14.7. The molecule has 8 nitrogen and oxygen atoms in total. The number of ketones is 2. The van der Waals surface area contributed by atoms with Gasteiger partial charge >= 0.3 is 0 Å². The molecule has 242 valence electrons. The first-order chi connectivity index (χ1) is 21.0. The Balaban J connectivity index is 0.874. The third kappa shape index (κ3) is 4.09. The lowest BCUT2D eigenvalue weighted by molar-refractivity contribution is -0.318. The zero-order chi connectivity index (χ0) is 29.7. The minimum Gasteiger partial charge on any atom is -0.390 e. The second-order valence-corrected chi connectivity index (χ2v) is 18.4. The monoisotopic (exact) mass is 610 g/mol. The number of hydrogen-bond acceptors (Lipinski definition) is 8. The summed E-state index contributed by atoms with van der Waals surface area (Å²) >= 11 is 0. The number of carbonyl (C=O) groups excluding carboxylic acids is 2. The van der Waals surface area contributed by atoms with E-state index in [4.69, 9.17) is 18.9 Å². The first kappa shape index (κ1) is 28.1. The number of Topliss-reactive ketones (excluding diaryl/α,β-unsaturated/α-hetero) is 2. The van der Waals surface area contributed by atoms with E-state index in [9.17, 15) is 19.8 Å². The van der Waals surface area contributed by atoms with Crippen molar-refractivity contribution >= 4 is 11.6 Å². The lowest BCUT2D eigenvalue weighted by atomic mass is 9.47. The molecule has 0 radical (unpaired) electrons. The molecule has 13 rings (SSSR count). The third-order valence-electron chi connectivity index (χ3n) is 15.1. The first-order valence-corrected chi connectivity index (χ1v) is 18.1. The standard InChI is InChI=1S/C36H50O8/c37-28(32-8-22-2-23(9-32)13-34(39,12-22)18-32)16-41-30-31(44-36(43-30)26-4-20-1-21(6-26)7-27(36)5-20)42-17-29(38)33-10-24-3-25(11-33)15-35(40,14-24)19-33/h20-27,30-31,39-40H,1-19H2. The SMILES string of the molecule is O=C(COC1OC2(OC1OCC(=O)C13CC4CC(CC(O)(C4)C1)C3)C1CC3CC(C1)CC2C3)C12CC3CC(CC(O)(C3)C1)C2. The molecule has 6 atom stereocenters. The van der Waals surface area contributed by atoms with E-state index in [0.717, 1.165) is 102 Å². The van der Waals surface area contributed by atoms with E-state index in [1.165, 1.54) is 6.42 Å². The zero-order valence-corrected chi connectivity index (χ0v) is 26.1. The third-order valence-corrected chi connectivity index (χ3v) is 15.1. The highest BCUT2D eigenvalue weighted by Gasteiger charge is 2.66. The summed E-state index contributed by atoms with van der Waals surface area (Å²) in [6.07, 6.45) is 14.1. The molecule has 12 saturated carbocycles. The average Bonchev–Trinajstić information content (AvgIpc) is 3.29. The minimum atomic E-state index is -0.859. The Hall–Kier alpha value is -0.900. The van der Waals surface area contributed by atoms with Gasteiger partial charge in [0, 0.05) is 22.7 Å². The van der Waals surface area contributed by atoms with Crippen molar-refractivity contribution < 1.29 is 38.7 Å². The van der Waals surface area contributed by atoms with E-state index in [-0.39, 0.29) is 24.8 Å². The summed E-state index contributed by atoms with van der Waals surface area (Å²) < 4.78 is 26.4. The quantitative estimate of drug-likeness (QED) is 0.408. The summed E-state index contributed by atoms with van der Waals surface area (Å²) in [5.74, 6) is 3.17. The summed E-state index contributed by atoms with van der Waals surface area (Å²) in [6.45, 7) is -0.150. The van der Waals surface area contributed by atoms with E-state index < -0.39 is 40.4 Å². The number of hydrogen-bond donors (Lipinski definition) is 2. The van der Waals surface area contributed by atoms with Crippen LogP contribution in [-0.4, -0.2) is 64.6 Å². The van der Waals surface area contributed by atoms with Crippen molar-refractivity contribution in [1.82, 2.24) is 0 Å². The zero-order valence-electron chi connectivity index (χ0n) is 26.1. The number of rotatable bonds is 8. The van der Waals surface area contributed by atoms with Crippen molar-refractivity contribution in [1.29, 1.82) is 0 Å².